The Morgan fingerprint density at radius 3 is 1.29 bits per heavy atom. The van der Waals surface area contributed by atoms with E-state index < -0.39 is 9.84 Å². The fraction of sp³-hybridized carbons (Fsp3) is 0.250. The second-order valence-corrected chi connectivity index (χ2v) is 6.82. The molecule has 0 bridgehead atoms. The summed E-state index contributed by atoms with van der Waals surface area (Å²) in [5.41, 5.74) is 13.0. The van der Waals surface area contributed by atoms with Gasteiger partial charge in [0, 0.05) is 0 Å². The molecule has 0 spiro atoms. The third-order valence-corrected chi connectivity index (χ3v) is 5.12. The molecule has 112 valence electrons. The zero-order chi connectivity index (χ0) is 15.3. The first kappa shape index (κ1) is 15.7. The van der Waals surface area contributed by atoms with Crippen molar-refractivity contribution in [3.63, 3.8) is 0 Å². The molecule has 0 saturated carbocycles. The zero-order valence-corrected chi connectivity index (χ0v) is 12.6. The molecular formula is C16H20N2O2S. The van der Waals surface area contributed by atoms with Crippen LogP contribution in [-0.4, -0.2) is 21.5 Å². The van der Waals surface area contributed by atoms with Gasteiger partial charge in [-0.05, 0) is 61.3 Å². The van der Waals surface area contributed by atoms with Crippen LogP contribution in [0, 0.1) is 0 Å². The highest BCUT2D eigenvalue weighted by Crippen LogP contribution is 2.21. The molecule has 0 atom stereocenters. The first-order valence-corrected chi connectivity index (χ1v) is 8.39. The Morgan fingerprint density at radius 2 is 1.00 bits per heavy atom. The maximum absolute atomic E-state index is 12.5. The van der Waals surface area contributed by atoms with E-state index in [1.54, 1.807) is 24.3 Å². The first-order chi connectivity index (χ1) is 10.1. The fourth-order valence-electron chi connectivity index (χ4n) is 2.14. The van der Waals surface area contributed by atoms with Crippen LogP contribution in [0.1, 0.15) is 11.1 Å². The van der Waals surface area contributed by atoms with Crippen LogP contribution in [0.3, 0.4) is 0 Å². The molecule has 2 aromatic rings. The van der Waals surface area contributed by atoms with Gasteiger partial charge in [0.2, 0.25) is 9.84 Å². The van der Waals surface area contributed by atoms with E-state index in [-0.39, 0.29) is 0 Å². The van der Waals surface area contributed by atoms with Crippen LogP contribution in [0.15, 0.2) is 58.3 Å². The molecule has 0 amide bonds. The Kier molecular flexibility index (Phi) is 5.12. The van der Waals surface area contributed by atoms with E-state index in [1.165, 1.54) is 0 Å². The Labute approximate surface area is 125 Å². The lowest BCUT2D eigenvalue weighted by molar-refractivity contribution is 0.596. The number of rotatable bonds is 6. The Hall–Kier alpha value is -1.69. The molecule has 2 rings (SSSR count). The quantitative estimate of drug-likeness (QED) is 0.847. The lowest BCUT2D eigenvalue weighted by atomic mass is 10.1. The topological polar surface area (TPSA) is 86.2 Å². The van der Waals surface area contributed by atoms with Gasteiger partial charge in [0.05, 0.1) is 9.79 Å². The maximum Gasteiger partial charge on any atom is 0.206 e. The van der Waals surface area contributed by atoms with Crippen LogP contribution < -0.4 is 11.5 Å². The van der Waals surface area contributed by atoms with Crippen molar-refractivity contribution in [2.45, 2.75) is 22.6 Å². The third-order valence-electron chi connectivity index (χ3n) is 3.33. The average molecular weight is 304 g/mol. The molecule has 0 aromatic heterocycles. The second kappa shape index (κ2) is 6.85. The van der Waals surface area contributed by atoms with Gasteiger partial charge >= 0.3 is 0 Å². The molecule has 0 aliphatic rings. The van der Waals surface area contributed by atoms with Crippen LogP contribution >= 0.6 is 0 Å². The fourth-order valence-corrected chi connectivity index (χ4v) is 3.40. The molecule has 0 unspecified atom stereocenters. The molecule has 4 nitrogen and oxygen atoms in total. The van der Waals surface area contributed by atoms with Crippen LogP contribution in [0.25, 0.3) is 0 Å². The van der Waals surface area contributed by atoms with E-state index in [2.05, 4.69) is 0 Å². The van der Waals surface area contributed by atoms with Crippen molar-refractivity contribution < 1.29 is 8.42 Å². The van der Waals surface area contributed by atoms with Crippen LogP contribution in [0.2, 0.25) is 0 Å². The summed E-state index contributed by atoms with van der Waals surface area (Å²) in [6, 6.07) is 13.8. The van der Waals surface area contributed by atoms with Crippen molar-refractivity contribution in [2.75, 3.05) is 13.1 Å². The first-order valence-electron chi connectivity index (χ1n) is 6.91. The predicted octanol–water partition coefficient (Wildman–Crippen LogP) is 1.52. The standard InChI is InChI=1S/C16H20N2O2S/c17-11-9-13-1-5-15(6-2-13)21(19,20)16-7-3-14(4-8-16)10-12-18/h1-8H,9-12,17-18H2. The Morgan fingerprint density at radius 1 is 0.667 bits per heavy atom. The van der Waals surface area contributed by atoms with Gasteiger partial charge < -0.3 is 11.5 Å². The van der Waals surface area contributed by atoms with Crippen molar-refractivity contribution in [3.05, 3.63) is 59.7 Å². The van der Waals surface area contributed by atoms with Crippen LogP contribution in [0.4, 0.5) is 0 Å². The summed E-state index contributed by atoms with van der Waals surface area (Å²) in [5, 5.41) is 0. The summed E-state index contributed by atoms with van der Waals surface area (Å²) in [5.74, 6) is 0. The minimum atomic E-state index is -3.46. The highest BCUT2D eigenvalue weighted by atomic mass is 32.2. The van der Waals surface area contributed by atoms with E-state index in [0.717, 1.165) is 24.0 Å². The summed E-state index contributed by atoms with van der Waals surface area (Å²) < 4.78 is 25.0. The molecule has 0 aliphatic carbocycles. The minimum absolute atomic E-state index is 0.301. The largest absolute Gasteiger partial charge is 0.330 e. The van der Waals surface area contributed by atoms with Gasteiger partial charge in [-0.3, -0.25) is 0 Å². The lowest BCUT2D eigenvalue weighted by Crippen LogP contribution is -2.05. The van der Waals surface area contributed by atoms with Crippen LogP contribution in [0.5, 0.6) is 0 Å². The molecular weight excluding hydrogens is 284 g/mol. The SMILES string of the molecule is NCCc1ccc(S(=O)(=O)c2ccc(CCN)cc2)cc1. The molecule has 0 heterocycles. The number of nitrogens with two attached hydrogens (primary N) is 2. The maximum atomic E-state index is 12.5. The van der Waals surface area contributed by atoms with Gasteiger partial charge in [-0.15, -0.1) is 0 Å². The normalized spacial score (nSPS) is 11.5. The number of sulfone groups is 1. The Balaban J connectivity index is 2.28. The summed E-state index contributed by atoms with van der Waals surface area (Å²) in [6.07, 6.45) is 1.49. The van der Waals surface area contributed by atoms with E-state index >= 15 is 0 Å². The van der Waals surface area contributed by atoms with Gasteiger partial charge in [-0.2, -0.15) is 0 Å². The summed E-state index contributed by atoms with van der Waals surface area (Å²) in [4.78, 5) is 0.602. The number of benzene rings is 2. The van der Waals surface area contributed by atoms with Gasteiger partial charge in [-0.1, -0.05) is 24.3 Å². The lowest BCUT2D eigenvalue weighted by Gasteiger charge is -2.07. The predicted molar refractivity (Wildman–Crippen MR) is 83.9 cm³/mol. The monoisotopic (exact) mass is 304 g/mol. The van der Waals surface area contributed by atoms with Crippen molar-refractivity contribution in [1.82, 2.24) is 0 Å². The minimum Gasteiger partial charge on any atom is -0.330 e. The van der Waals surface area contributed by atoms with E-state index in [9.17, 15) is 8.42 Å². The van der Waals surface area contributed by atoms with Gasteiger partial charge in [-0.25, -0.2) is 8.42 Å². The van der Waals surface area contributed by atoms with Gasteiger partial charge in [0.25, 0.3) is 0 Å². The zero-order valence-electron chi connectivity index (χ0n) is 11.8. The van der Waals surface area contributed by atoms with E-state index in [1.807, 2.05) is 24.3 Å². The molecule has 0 saturated heterocycles. The molecule has 4 N–H and O–H groups in total. The third kappa shape index (κ3) is 3.69. The van der Waals surface area contributed by atoms with Crippen molar-refractivity contribution >= 4 is 9.84 Å². The average Bonchev–Trinajstić information content (AvgIpc) is 2.49. The van der Waals surface area contributed by atoms with Crippen molar-refractivity contribution in [1.29, 1.82) is 0 Å². The summed E-state index contributed by atoms with van der Waals surface area (Å²) >= 11 is 0. The van der Waals surface area contributed by atoms with Crippen molar-refractivity contribution in [2.24, 2.45) is 11.5 Å². The molecule has 21 heavy (non-hydrogen) atoms. The van der Waals surface area contributed by atoms with Crippen LogP contribution in [-0.2, 0) is 22.7 Å². The van der Waals surface area contributed by atoms with Gasteiger partial charge in [0.1, 0.15) is 0 Å². The van der Waals surface area contributed by atoms with Gasteiger partial charge in [0.15, 0.2) is 0 Å². The molecule has 5 heteroatoms. The number of hydrogen-bond acceptors (Lipinski definition) is 4. The number of hydrogen-bond donors (Lipinski definition) is 2. The second-order valence-electron chi connectivity index (χ2n) is 4.87. The van der Waals surface area contributed by atoms with E-state index in [4.69, 9.17) is 11.5 Å². The highest BCUT2D eigenvalue weighted by Gasteiger charge is 2.17. The van der Waals surface area contributed by atoms with E-state index in [0.29, 0.717) is 22.9 Å². The smallest absolute Gasteiger partial charge is 0.206 e. The summed E-state index contributed by atoms with van der Waals surface area (Å²) in [7, 11) is -3.46. The Bertz CT molecular complexity index is 622. The molecule has 0 aliphatic heterocycles. The molecule has 0 fully saturated rings. The molecule has 2 aromatic carbocycles. The van der Waals surface area contributed by atoms with Crippen molar-refractivity contribution in [3.8, 4) is 0 Å². The highest BCUT2D eigenvalue weighted by molar-refractivity contribution is 7.91. The molecule has 0 radical (unpaired) electrons. The summed E-state index contributed by atoms with van der Waals surface area (Å²) in [6.45, 7) is 1.10.